The first-order valence-electron chi connectivity index (χ1n) is 9.98. The molecule has 0 radical (unpaired) electrons. The second kappa shape index (κ2) is 7.39. The maximum atomic E-state index is 13.0. The standard InChI is InChI=1S/C21H28N2O3/c1-2-26-19-7-4-10-22(14-19)21(25)17-12-20(24)23(13-17)18-9-8-15-5-3-6-16(15)11-18/h8-9,11,17,19H,2-7,10,12-14H2,1H3. The van der Waals surface area contributed by atoms with Crippen LogP contribution in [-0.4, -0.2) is 49.1 Å². The number of carbonyl (C=O) groups is 2. The van der Waals surface area contributed by atoms with Crippen molar-refractivity contribution < 1.29 is 14.3 Å². The molecule has 140 valence electrons. The summed E-state index contributed by atoms with van der Waals surface area (Å²) in [6.45, 7) is 4.63. The molecule has 1 aliphatic carbocycles. The Kier molecular flexibility index (Phi) is 4.98. The quantitative estimate of drug-likeness (QED) is 0.833. The van der Waals surface area contributed by atoms with Crippen LogP contribution >= 0.6 is 0 Å². The summed E-state index contributed by atoms with van der Waals surface area (Å²) in [5, 5.41) is 0. The zero-order valence-electron chi connectivity index (χ0n) is 15.6. The van der Waals surface area contributed by atoms with Crippen LogP contribution in [-0.2, 0) is 27.2 Å². The Morgan fingerprint density at radius 2 is 2.04 bits per heavy atom. The minimum absolute atomic E-state index is 0.0691. The number of nitrogens with zero attached hydrogens (tertiary/aromatic N) is 2. The third kappa shape index (κ3) is 3.37. The largest absolute Gasteiger partial charge is 0.377 e. The molecule has 2 heterocycles. The van der Waals surface area contributed by atoms with E-state index in [1.54, 1.807) is 0 Å². The summed E-state index contributed by atoms with van der Waals surface area (Å²) in [7, 11) is 0. The Bertz CT molecular complexity index is 700. The van der Waals surface area contributed by atoms with Crippen LogP contribution in [0.4, 0.5) is 5.69 Å². The number of likely N-dealkylation sites (tertiary alicyclic amines) is 1. The summed E-state index contributed by atoms with van der Waals surface area (Å²) >= 11 is 0. The van der Waals surface area contributed by atoms with E-state index >= 15 is 0 Å². The molecule has 5 heteroatoms. The lowest BCUT2D eigenvalue weighted by molar-refractivity contribution is -0.139. The number of aryl methyl sites for hydroxylation is 2. The normalized spacial score (nSPS) is 25.7. The molecule has 0 bridgehead atoms. The molecule has 2 fully saturated rings. The van der Waals surface area contributed by atoms with E-state index in [0.29, 0.717) is 26.1 Å². The van der Waals surface area contributed by atoms with Gasteiger partial charge in [-0.25, -0.2) is 0 Å². The first-order valence-corrected chi connectivity index (χ1v) is 9.98. The van der Waals surface area contributed by atoms with E-state index < -0.39 is 0 Å². The van der Waals surface area contributed by atoms with E-state index in [2.05, 4.69) is 12.1 Å². The molecule has 1 aromatic rings. The second-order valence-corrected chi connectivity index (χ2v) is 7.72. The predicted molar refractivity (Wildman–Crippen MR) is 100 cm³/mol. The Labute approximate surface area is 155 Å². The van der Waals surface area contributed by atoms with E-state index in [-0.39, 0.29) is 23.8 Å². The van der Waals surface area contributed by atoms with Gasteiger partial charge in [-0.05, 0) is 62.3 Å². The summed E-state index contributed by atoms with van der Waals surface area (Å²) < 4.78 is 5.71. The molecule has 0 saturated carbocycles. The molecule has 0 aromatic heterocycles. The number of piperidine rings is 1. The Hall–Kier alpha value is -1.88. The van der Waals surface area contributed by atoms with Gasteiger partial charge in [-0.2, -0.15) is 0 Å². The van der Waals surface area contributed by atoms with Gasteiger partial charge in [0.1, 0.15) is 0 Å². The minimum atomic E-state index is -0.226. The number of benzene rings is 1. The van der Waals surface area contributed by atoms with Crippen LogP contribution < -0.4 is 4.90 Å². The van der Waals surface area contributed by atoms with Crippen LogP contribution in [0.3, 0.4) is 0 Å². The van der Waals surface area contributed by atoms with Crippen molar-refractivity contribution in [2.24, 2.45) is 5.92 Å². The van der Waals surface area contributed by atoms with Gasteiger partial charge in [0.25, 0.3) is 0 Å². The summed E-state index contributed by atoms with van der Waals surface area (Å²) in [5.41, 5.74) is 3.72. The molecule has 0 N–H and O–H groups in total. The number of carbonyl (C=O) groups excluding carboxylic acids is 2. The highest BCUT2D eigenvalue weighted by molar-refractivity contribution is 6.00. The molecule has 1 aromatic carbocycles. The molecule has 2 unspecified atom stereocenters. The summed E-state index contributed by atoms with van der Waals surface area (Å²) in [5.74, 6) is -0.0396. The van der Waals surface area contributed by atoms with Crippen molar-refractivity contribution in [3.05, 3.63) is 29.3 Å². The van der Waals surface area contributed by atoms with Gasteiger partial charge in [0.05, 0.1) is 12.0 Å². The Morgan fingerprint density at radius 1 is 1.19 bits per heavy atom. The minimum Gasteiger partial charge on any atom is -0.377 e. The molecule has 4 rings (SSSR count). The molecule has 5 nitrogen and oxygen atoms in total. The maximum Gasteiger partial charge on any atom is 0.228 e. The molecular formula is C21H28N2O3. The van der Waals surface area contributed by atoms with E-state index in [9.17, 15) is 9.59 Å². The lowest BCUT2D eigenvalue weighted by Crippen LogP contribution is -2.46. The number of fused-ring (bicyclic) bond motifs is 1. The third-order valence-electron chi connectivity index (χ3n) is 5.96. The van der Waals surface area contributed by atoms with Gasteiger partial charge >= 0.3 is 0 Å². The van der Waals surface area contributed by atoms with Crippen LogP contribution in [0.25, 0.3) is 0 Å². The summed E-state index contributed by atoms with van der Waals surface area (Å²) in [4.78, 5) is 29.2. The number of anilines is 1. The highest BCUT2D eigenvalue weighted by Crippen LogP contribution is 2.31. The van der Waals surface area contributed by atoms with Gasteiger partial charge in [0, 0.05) is 38.3 Å². The van der Waals surface area contributed by atoms with Crippen molar-refractivity contribution in [2.75, 3.05) is 31.1 Å². The van der Waals surface area contributed by atoms with E-state index in [4.69, 9.17) is 4.74 Å². The Balaban J connectivity index is 1.43. The van der Waals surface area contributed by atoms with Gasteiger partial charge in [0.2, 0.25) is 11.8 Å². The fourth-order valence-electron chi connectivity index (χ4n) is 4.62. The summed E-state index contributed by atoms with van der Waals surface area (Å²) in [6.07, 6.45) is 5.90. The van der Waals surface area contributed by atoms with Crippen LogP contribution in [0.5, 0.6) is 0 Å². The van der Waals surface area contributed by atoms with Crippen LogP contribution in [0, 0.1) is 5.92 Å². The lowest BCUT2D eigenvalue weighted by atomic mass is 10.0. The zero-order valence-corrected chi connectivity index (χ0v) is 15.6. The average molecular weight is 356 g/mol. The predicted octanol–water partition coefficient (Wildman–Crippen LogP) is 2.56. The molecule has 0 spiro atoms. The molecule has 26 heavy (non-hydrogen) atoms. The topological polar surface area (TPSA) is 49.9 Å². The number of ether oxygens (including phenoxy) is 1. The van der Waals surface area contributed by atoms with E-state index in [1.807, 2.05) is 22.8 Å². The van der Waals surface area contributed by atoms with Crippen LogP contribution in [0.1, 0.15) is 43.7 Å². The Morgan fingerprint density at radius 3 is 2.88 bits per heavy atom. The number of hydrogen-bond donors (Lipinski definition) is 0. The lowest BCUT2D eigenvalue weighted by Gasteiger charge is -2.34. The van der Waals surface area contributed by atoms with Crippen LogP contribution in [0.15, 0.2) is 18.2 Å². The van der Waals surface area contributed by atoms with Crippen molar-refractivity contribution in [3.8, 4) is 0 Å². The fraction of sp³-hybridized carbons (Fsp3) is 0.619. The first kappa shape index (κ1) is 17.5. The SMILES string of the molecule is CCOC1CCCN(C(=O)C2CC(=O)N(c3ccc4c(c3)CCC4)C2)C1. The fourth-order valence-corrected chi connectivity index (χ4v) is 4.62. The van der Waals surface area contributed by atoms with Gasteiger partial charge in [-0.15, -0.1) is 0 Å². The van der Waals surface area contributed by atoms with Crippen molar-refractivity contribution in [1.29, 1.82) is 0 Å². The van der Waals surface area contributed by atoms with Crippen molar-refractivity contribution in [3.63, 3.8) is 0 Å². The molecule has 2 saturated heterocycles. The van der Waals surface area contributed by atoms with Crippen LogP contribution in [0.2, 0.25) is 0 Å². The second-order valence-electron chi connectivity index (χ2n) is 7.72. The van der Waals surface area contributed by atoms with E-state index in [0.717, 1.165) is 37.9 Å². The smallest absolute Gasteiger partial charge is 0.228 e. The van der Waals surface area contributed by atoms with Crippen molar-refractivity contribution in [2.45, 2.75) is 51.6 Å². The zero-order chi connectivity index (χ0) is 18.1. The highest BCUT2D eigenvalue weighted by atomic mass is 16.5. The molecule has 3 aliphatic rings. The van der Waals surface area contributed by atoms with Gasteiger partial charge in [-0.1, -0.05) is 6.07 Å². The molecular weight excluding hydrogens is 328 g/mol. The molecule has 2 atom stereocenters. The number of amides is 2. The number of hydrogen-bond acceptors (Lipinski definition) is 3. The number of rotatable bonds is 4. The van der Waals surface area contributed by atoms with E-state index in [1.165, 1.54) is 17.5 Å². The average Bonchev–Trinajstić information content (AvgIpc) is 3.27. The highest BCUT2D eigenvalue weighted by Gasteiger charge is 2.38. The first-order chi connectivity index (χ1) is 12.7. The summed E-state index contributed by atoms with van der Waals surface area (Å²) in [6, 6.07) is 6.34. The third-order valence-corrected chi connectivity index (χ3v) is 5.96. The van der Waals surface area contributed by atoms with Gasteiger partial charge < -0.3 is 14.5 Å². The van der Waals surface area contributed by atoms with Gasteiger partial charge in [0.15, 0.2) is 0 Å². The molecule has 2 aliphatic heterocycles. The van der Waals surface area contributed by atoms with Crippen molar-refractivity contribution in [1.82, 2.24) is 4.90 Å². The monoisotopic (exact) mass is 356 g/mol. The van der Waals surface area contributed by atoms with Crippen molar-refractivity contribution >= 4 is 17.5 Å². The maximum absolute atomic E-state index is 13.0. The van der Waals surface area contributed by atoms with Gasteiger partial charge in [-0.3, -0.25) is 9.59 Å². The molecule has 2 amide bonds.